The second kappa shape index (κ2) is 9.50. The maximum atomic E-state index is 13.0. The summed E-state index contributed by atoms with van der Waals surface area (Å²) in [5.74, 6) is -0.249. The third-order valence-corrected chi connectivity index (χ3v) is 7.14. The van der Waals surface area contributed by atoms with Gasteiger partial charge in [-0.2, -0.15) is 0 Å². The van der Waals surface area contributed by atoms with Crippen molar-refractivity contribution in [3.8, 4) is 10.6 Å². The molecule has 0 bridgehead atoms. The zero-order valence-electron chi connectivity index (χ0n) is 19.1. The number of pyridine rings is 2. The number of hydrogen-bond acceptors (Lipinski definition) is 7. The number of carbonyl (C=O) groups is 1. The Labute approximate surface area is 206 Å². The second-order valence-electron chi connectivity index (χ2n) is 8.56. The first kappa shape index (κ1) is 21.8. The molecule has 7 nitrogen and oxygen atoms in total. The van der Waals surface area contributed by atoms with Crippen molar-refractivity contribution in [3.05, 3.63) is 84.2 Å². The van der Waals surface area contributed by atoms with Crippen molar-refractivity contribution in [1.82, 2.24) is 25.2 Å². The molecule has 0 atom stereocenters. The molecule has 174 valence electrons. The average molecular weight is 481 g/mol. The van der Waals surface area contributed by atoms with E-state index >= 15 is 0 Å². The number of piperazine rings is 1. The minimum atomic E-state index is -0.249. The molecule has 1 amide bonds. The Balaban J connectivity index is 1.26. The maximum Gasteiger partial charge on any atom is 0.274 e. The summed E-state index contributed by atoms with van der Waals surface area (Å²) < 4.78 is 0. The fourth-order valence-corrected chi connectivity index (χ4v) is 5.31. The van der Waals surface area contributed by atoms with Crippen LogP contribution in [0.15, 0.2) is 72.8 Å². The number of benzene rings is 2. The zero-order valence-corrected chi connectivity index (χ0v) is 19.9. The number of fused-ring (bicyclic) bond motifs is 2. The molecule has 5 aromatic rings. The minimum absolute atomic E-state index is 0.249. The molecule has 4 heterocycles. The average Bonchev–Trinajstić information content (AvgIpc) is 3.32. The summed E-state index contributed by atoms with van der Waals surface area (Å²) >= 11 is 1.55. The first-order valence-corrected chi connectivity index (χ1v) is 12.5. The van der Waals surface area contributed by atoms with Gasteiger partial charge in [0, 0.05) is 43.7 Å². The third-order valence-electron chi connectivity index (χ3n) is 6.15. The number of nitrogens with zero attached hydrogens (tertiary/aromatic N) is 4. The van der Waals surface area contributed by atoms with Crippen molar-refractivity contribution < 1.29 is 4.79 Å². The van der Waals surface area contributed by atoms with Crippen LogP contribution in [0.1, 0.15) is 16.2 Å². The fraction of sp³-hybridized carbons (Fsp3) is 0.185. The molecule has 1 fully saturated rings. The van der Waals surface area contributed by atoms with Crippen LogP contribution in [0.3, 0.4) is 0 Å². The highest BCUT2D eigenvalue weighted by atomic mass is 32.1. The van der Waals surface area contributed by atoms with Crippen LogP contribution < -0.4 is 10.6 Å². The van der Waals surface area contributed by atoms with E-state index in [2.05, 4.69) is 26.6 Å². The van der Waals surface area contributed by atoms with Crippen LogP contribution >= 0.6 is 11.3 Å². The van der Waals surface area contributed by atoms with E-state index in [1.807, 2.05) is 60.7 Å². The summed E-state index contributed by atoms with van der Waals surface area (Å²) in [5.41, 5.74) is 4.66. The van der Waals surface area contributed by atoms with Crippen LogP contribution in [-0.2, 0) is 6.54 Å². The molecule has 1 saturated heterocycles. The van der Waals surface area contributed by atoms with E-state index in [9.17, 15) is 4.79 Å². The number of carbonyl (C=O) groups excluding carboxylic acids is 1. The van der Waals surface area contributed by atoms with Gasteiger partial charge in [-0.3, -0.25) is 9.69 Å². The van der Waals surface area contributed by atoms with Gasteiger partial charge in [0.15, 0.2) is 0 Å². The zero-order chi connectivity index (χ0) is 23.6. The summed E-state index contributed by atoms with van der Waals surface area (Å²) in [6, 6.07) is 23.3. The van der Waals surface area contributed by atoms with Crippen LogP contribution in [0.2, 0.25) is 0 Å². The Hall–Kier alpha value is -3.72. The highest BCUT2D eigenvalue weighted by Crippen LogP contribution is 2.34. The molecule has 1 aliphatic rings. The SMILES string of the molecule is O=C(Nc1ccccc1-c1nc2ccc(CN3CCNCC3)nc2s1)c1ccc2ccccc2n1. The molecule has 2 N–H and O–H groups in total. The molecule has 35 heavy (non-hydrogen) atoms. The van der Waals surface area contributed by atoms with E-state index < -0.39 is 0 Å². The van der Waals surface area contributed by atoms with Gasteiger partial charge < -0.3 is 10.6 Å². The van der Waals surface area contributed by atoms with E-state index in [1.54, 1.807) is 17.4 Å². The summed E-state index contributed by atoms with van der Waals surface area (Å²) in [6.07, 6.45) is 0. The number of hydrogen-bond donors (Lipinski definition) is 2. The molecule has 0 aliphatic carbocycles. The first-order chi connectivity index (χ1) is 17.2. The quantitative estimate of drug-likeness (QED) is 0.384. The van der Waals surface area contributed by atoms with Gasteiger partial charge in [0.1, 0.15) is 21.0 Å². The summed E-state index contributed by atoms with van der Waals surface area (Å²) in [5, 5.41) is 8.25. The maximum absolute atomic E-state index is 13.0. The lowest BCUT2D eigenvalue weighted by Crippen LogP contribution is -2.43. The number of amides is 1. The van der Waals surface area contributed by atoms with Crippen LogP contribution in [0.5, 0.6) is 0 Å². The fourth-order valence-electron chi connectivity index (χ4n) is 4.31. The molecule has 0 spiro atoms. The summed E-state index contributed by atoms with van der Waals surface area (Å²) in [4.78, 5) is 30.6. The molecular weight excluding hydrogens is 456 g/mol. The molecular formula is C27H24N6OS. The van der Waals surface area contributed by atoms with Gasteiger partial charge in [-0.1, -0.05) is 47.7 Å². The van der Waals surface area contributed by atoms with Crippen LogP contribution in [-0.4, -0.2) is 51.9 Å². The lowest BCUT2D eigenvalue weighted by atomic mass is 10.1. The van der Waals surface area contributed by atoms with Gasteiger partial charge in [-0.15, -0.1) is 0 Å². The Morgan fingerprint density at radius 1 is 0.886 bits per heavy atom. The van der Waals surface area contributed by atoms with Crippen LogP contribution in [0.4, 0.5) is 5.69 Å². The van der Waals surface area contributed by atoms with Gasteiger partial charge in [0.2, 0.25) is 0 Å². The largest absolute Gasteiger partial charge is 0.320 e. The van der Waals surface area contributed by atoms with E-state index in [-0.39, 0.29) is 5.91 Å². The molecule has 1 aliphatic heterocycles. The van der Waals surface area contributed by atoms with Crippen molar-refractivity contribution in [1.29, 1.82) is 0 Å². The van der Waals surface area contributed by atoms with E-state index in [0.717, 1.165) is 70.2 Å². The lowest BCUT2D eigenvalue weighted by Gasteiger charge is -2.26. The monoisotopic (exact) mass is 480 g/mol. The summed E-state index contributed by atoms with van der Waals surface area (Å²) in [6.45, 7) is 4.95. The predicted molar refractivity (Wildman–Crippen MR) is 141 cm³/mol. The first-order valence-electron chi connectivity index (χ1n) is 11.7. The Kier molecular flexibility index (Phi) is 5.91. The van der Waals surface area contributed by atoms with Gasteiger partial charge in [-0.25, -0.2) is 15.0 Å². The Morgan fingerprint density at radius 2 is 1.71 bits per heavy atom. The van der Waals surface area contributed by atoms with Gasteiger partial charge >= 0.3 is 0 Å². The standard InChI is InChI=1S/C27H24N6OS/c34-25(23-11-9-18-5-1-3-7-21(18)30-23)31-22-8-4-2-6-20(22)26-32-24-12-10-19(29-27(24)35-26)17-33-15-13-28-14-16-33/h1-12,28H,13-17H2,(H,31,34). The number of rotatable bonds is 5. The molecule has 0 unspecified atom stereocenters. The van der Waals surface area contributed by atoms with Crippen molar-refractivity contribution in [2.45, 2.75) is 6.54 Å². The number of anilines is 1. The molecule has 0 saturated carbocycles. The van der Waals surface area contributed by atoms with Crippen LogP contribution in [0, 0.1) is 0 Å². The van der Waals surface area contributed by atoms with Crippen molar-refractivity contribution in [2.75, 3.05) is 31.5 Å². The van der Waals surface area contributed by atoms with E-state index in [4.69, 9.17) is 9.97 Å². The highest BCUT2D eigenvalue weighted by molar-refractivity contribution is 7.21. The molecule has 0 radical (unpaired) electrons. The third kappa shape index (κ3) is 4.64. The predicted octanol–water partition coefficient (Wildman–Crippen LogP) is 4.56. The Bertz CT molecular complexity index is 1520. The van der Waals surface area contributed by atoms with E-state index in [1.165, 1.54) is 0 Å². The lowest BCUT2D eigenvalue weighted by molar-refractivity contribution is 0.102. The normalized spacial score (nSPS) is 14.4. The van der Waals surface area contributed by atoms with Gasteiger partial charge in [-0.05, 0) is 36.4 Å². The molecule has 2 aromatic carbocycles. The number of thiazole rings is 1. The number of nitrogens with one attached hydrogen (secondary N) is 2. The number of aromatic nitrogens is 3. The molecule has 3 aromatic heterocycles. The Morgan fingerprint density at radius 3 is 2.63 bits per heavy atom. The highest BCUT2D eigenvalue weighted by Gasteiger charge is 2.16. The molecule has 8 heteroatoms. The minimum Gasteiger partial charge on any atom is -0.320 e. The van der Waals surface area contributed by atoms with Gasteiger partial charge in [0.25, 0.3) is 5.91 Å². The summed E-state index contributed by atoms with van der Waals surface area (Å²) in [7, 11) is 0. The van der Waals surface area contributed by atoms with Crippen molar-refractivity contribution in [3.63, 3.8) is 0 Å². The van der Waals surface area contributed by atoms with Crippen molar-refractivity contribution in [2.24, 2.45) is 0 Å². The topological polar surface area (TPSA) is 83.0 Å². The number of para-hydroxylation sites is 2. The van der Waals surface area contributed by atoms with E-state index in [0.29, 0.717) is 11.4 Å². The van der Waals surface area contributed by atoms with Crippen LogP contribution in [0.25, 0.3) is 31.8 Å². The smallest absolute Gasteiger partial charge is 0.274 e. The molecule has 6 rings (SSSR count). The second-order valence-corrected chi connectivity index (χ2v) is 9.54. The van der Waals surface area contributed by atoms with Crippen molar-refractivity contribution >= 4 is 44.2 Å². The van der Waals surface area contributed by atoms with Gasteiger partial charge in [0.05, 0.1) is 16.9 Å².